The lowest BCUT2D eigenvalue weighted by molar-refractivity contribution is 0.101. The molecule has 13 heavy (non-hydrogen) atoms. The Kier molecular flexibility index (Phi) is 2.48. The van der Waals surface area contributed by atoms with Crippen LogP contribution in [-0.2, 0) is 5.41 Å². The quantitative estimate of drug-likeness (QED) is 0.703. The van der Waals surface area contributed by atoms with Gasteiger partial charge in [-0.1, -0.05) is 20.8 Å². The first kappa shape index (κ1) is 10.3. The molecule has 1 heterocycles. The molecule has 1 rings (SSSR count). The molecular formula is C10H15NOS. The molecular weight excluding hydrogens is 182 g/mol. The maximum absolute atomic E-state index is 11.3. The minimum atomic E-state index is -0.00484. The lowest BCUT2D eigenvalue weighted by Crippen LogP contribution is -2.14. The minimum absolute atomic E-state index is 0.00484. The second-order valence-electron chi connectivity index (χ2n) is 4.19. The average molecular weight is 197 g/mol. The van der Waals surface area contributed by atoms with Gasteiger partial charge < -0.3 is 5.73 Å². The number of thiophene rings is 1. The predicted octanol–water partition coefficient (Wildman–Crippen LogP) is 2.83. The van der Waals surface area contributed by atoms with Crippen LogP contribution in [0.2, 0.25) is 0 Å². The van der Waals surface area contributed by atoms with Gasteiger partial charge in [0.25, 0.3) is 0 Å². The molecule has 0 aliphatic heterocycles. The number of rotatable bonds is 1. The summed E-state index contributed by atoms with van der Waals surface area (Å²) in [6, 6.07) is 0. The number of nitrogen functional groups attached to an aromatic ring is 1. The Morgan fingerprint density at radius 1 is 1.46 bits per heavy atom. The Balaban J connectivity index is 3.31. The van der Waals surface area contributed by atoms with E-state index in [0.29, 0.717) is 10.6 Å². The maximum atomic E-state index is 11.3. The van der Waals surface area contributed by atoms with Gasteiger partial charge in [-0.3, -0.25) is 4.79 Å². The van der Waals surface area contributed by atoms with Crippen LogP contribution < -0.4 is 5.73 Å². The average Bonchev–Trinajstić information content (AvgIpc) is 2.28. The Bertz CT molecular complexity index is 333. The zero-order chi connectivity index (χ0) is 10.2. The molecule has 0 spiro atoms. The Morgan fingerprint density at radius 3 is 2.31 bits per heavy atom. The van der Waals surface area contributed by atoms with Gasteiger partial charge in [0, 0.05) is 0 Å². The van der Waals surface area contributed by atoms with E-state index < -0.39 is 0 Å². The third-order valence-corrected chi connectivity index (χ3v) is 2.79. The molecule has 0 saturated heterocycles. The Hall–Kier alpha value is -0.830. The van der Waals surface area contributed by atoms with Crippen LogP contribution in [0.15, 0.2) is 5.38 Å². The van der Waals surface area contributed by atoms with E-state index in [2.05, 4.69) is 20.8 Å². The van der Waals surface area contributed by atoms with Gasteiger partial charge in [-0.05, 0) is 23.3 Å². The van der Waals surface area contributed by atoms with Crippen molar-refractivity contribution < 1.29 is 4.79 Å². The highest BCUT2D eigenvalue weighted by Gasteiger charge is 2.23. The van der Waals surface area contributed by atoms with E-state index in [4.69, 9.17) is 5.73 Å². The Labute approximate surface area is 82.8 Å². The second kappa shape index (κ2) is 3.14. The minimum Gasteiger partial charge on any atom is -0.390 e. The molecule has 0 bridgehead atoms. The molecule has 0 fully saturated rings. The summed E-state index contributed by atoms with van der Waals surface area (Å²) in [5.74, 6) is 0.0590. The van der Waals surface area contributed by atoms with Crippen molar-refractivity contribution in [3.8, 4) is 0 Å². The van der Waals surface area contributed by atoms with Crippen LogP contribution in [0, 0.1) is 0 Å². The van der Waals surface area contributed by atoms with E-state index >= 15 is 0 Å². The molecule has 0 unspecified atom stereocenters. The molecule has 2 N–H and O–H groups in total. The molecule has 0 radical (unpaired) electrons. The molecule has 72 valence electrons. The second-order valence-corrected chi connectivity index (χ2v) is 5.11. The zero-order valence-electron chi connectivity index (χ0n) is 8.47. The summed E-state index contributed by atoms with van der Waals surface area (Å²) < 4.78 is 0. The van der Waals surface area contributed by atoms with Crippen molar-refractivity contribution in [1.82, 2.24) is 0 Å². The van der Waals surface area contributed by atoms with Crippen LogP contribution in [0.5, 0.6) is 0 Å². The third-order valence-electron chi connectivity index (χ3n) is 1.98. The molecule has 0 aromatic carbocycles. The molecule has 1 aromatic heterocycles. The SMILES string of the molecule is CC(=O)c1c(C(C)(C)C)csc1N. The van der Waals surface area contributed by atoms with E-state index in [0.717, 1.165) is 5.56 Å². The number of carbonyl (C=O) groups excluding carboxylic acids is 1. The summed E-state index contributed by atoms with van der Waals surface area (Å²) in [4.78, 5) is 11.3. The number of nitrogens with two attached hydrogens (primary N) is 1. The lowest BCUT2D eigenvalue weighted by atomic mass is 9.85. The smallest absolute Gasteiger partial charge is 0.163 e. The van der Waals surface area contributed by atoms with Gasteiger partial charge in [-0.25, -0.2) is 0 Å². The van der Waals surface area contributed by atoms with Crippen LogP contribution in [0.25, 0.3) is 0 Å². The fraction of sp³-hybridized carbons (Fsp3) is 0.500. The fourth-order valence-electron chi connectivity index (χ4n) is 1.29. The van der Waals surface area contributed by atoms with Gasteiger partial charge in [0.15, 0.2) is 5.78 Å². The van der Waals surface area contributed by atoms with Gasteiger partial charge in [0.1, 0.15) is 0 Å². The van der Waals surface area contributed by atoms with Crippen molar-refractivity contribution in [2.45, 2.75) is 33.1 Å². The molecule has 2 nitrogen and oxygen atoms in total. The summed E-state index contributed by atoms with van der Waals surface area (Å²) in [5, 5.41) is 2.61. The monoisotopic (exact) mass is 197 g/mol. The van der Waals surface area contributed by atoms with E-state index in [9.17, 15) is 4.79 Å². The normalized spacial score (nSPS) is 11.7. The van der Waals surface area contributed by atoms with E-state index in [-0.39, 0.29) is 11.2 Å². The zero-order valence-corrected chi connectivity index (χ0v) is 9.29. The summed E-state index contributed by atoms with van der Waals surface area (Å²) in [5.41, 5.74) is 7.50. The molecule has 0 aliphatic rings. The van der Waals surface area contributed by atoms with E-state index in [1.165, 1.54) is 11.3 Å². The summed E-state index contributed by atoms with van der Waals surface area (Å²) in [6.07, 6.45) is 0. The first-order valence-electron chi connectivity index (χ1n) is 4.22. The van der Waals surface area contributed by atoms with Crippen LogP contribution in [0.3, 0.4) is 0 Å². The standard InChI is InChI=1S/C10H15NOS/c1-6(12)8-7(10(2,3)4)5-13-9(8)11/h5H,11H2,1-4H3. The number of ketones is 1. The molecule has 1 aromatic rings. The molecule has 3 heteroatoms. The Morgan fingerprint density at radius 2 is 2.00 bits per heavy atom. The van der Waals surface area contributed by atoms with Crippen LogP contribution in [-0.4, -0.2) is 5.78 Å². The predicted molar refractivity (Wildman–Crippen MR) is 57.4 cm³/mol. The van der Waals surface area contributed by atoms with Crippen LogP contribution >= 0.6 is 11.3 Å². The van der Waals surface area contributed by atoms with Crippen molar-refractivity contribution in [1.29, 1.82) is 0 Å². The first-order valence-corrected chi connectivity index (χ1v) is 5.10. The largest absolute Gasteiger partial charge is 0.390 e. The topological polar surface area (TPSA) is 43.1 Å². The summed E-state index contributed by atoms with van der Waals surface area (Å²) >= 11 is 1.44. The highest BCUT2D eigenvalue weighted by Crippen LogP contribution is 2.34. The van der Waals surface area contributed by atoms with Crippen LogP contribution in [0.4, 0.5) is 5.00 Å². The number of Topliss-reactive ketones (excluding diaryl/α,β-unsaturated/α-hetero) is 1. The highest BCUT2D eigenvalue weighted by atomic mass is 32.1. The number of anilines is 1. The van der Waals surface area contributed by atoms with Crippen molar-refractivity contribution >= 4 is 22.1 Å². The number of carbonyl (C=O) groups is 1. The number of hydrogen-bond acceptors (Lipinski definition) is 3. The fourth-order valence-corrected chi connectivity index (χ4v) is 2.38. The molecule has 0 aliphatic carbocycles. The van der Waals surface area contributed by atoms with E-state index in [1.807, 2.05) is 5.38 Å². The van der Waals surface area contributed by atoms with Crippen molar-refractivity contribution in [3.63, 3.8) is 0 Å². The van der Waals surface area contributed by atoms with Gasteiger partial charge >= 0.3 is 0 Å². The maximum Gasteiger partial charge on any atom is 0.163 e. The van der Waals surface area contributed by atoms with Crippen molar-refractivity contribution in [2.75, 3.05) is 5.73 Å². The van der Waals surface area contributed by atoms with Crippen LogP contribution in [0.1, 0.15) is 43.6 Å². The van der Waals surface area contributed by atoms with Crippen molar-refractivity contribution in [3.05, 3.63) is 16.5 Å². The van der Waals surface area contributed by atoms with Gasteiger partial charge in [0.2, 0.25) is 0 Å². The van der Waals surface area contributed by atoms with Gasteiger partial charge in [-0.2, -0.15) is 0 Å². The molecule has 0 atom stereocenters. The third kappa shape index (κ3) is 1.91. The number of hydrogen-bond donors (Lipinski definition) is 1. The summed E-state index contributed by atoms with van der Waals surface area (Å²) in [6.45, 7) is 7.82. The van der Waals surface area contributed by atoms with Crippen molar-refractivity contribution in [2.24, 2.45) is 0 Å². The molecule has 0 amide bonds. The van der Waals surface area contributed by atoms with E-state index in [1.54, 1.807) is 6.92 Å². The van der Waals surface area contributed by atoms with Gasteiger partial charge in [0.05, 0.1) is 10.6 Å². The first-order chi connectivity index (χ1) is 5.84. The van der Waals surface area contributed by atoms with Gasteiger partial charge in [-0.15, -0.1) is 11.3 Å². The molecule has 0 saturated carbocycles. The summed E-state index contributed by atoms with van der Waals surface area (Å²) in [7, 11) is 0. The lowest BCUT2D eigenvalue weighted by Gasteiger charge is -2.18. The highest BCUT2D eigenvalue weighted by molar-refractivity contribution is 7.14.